The first-order valence-electron chi connectivity index (χ1n) is 15.3. The molecule has 1 saturated heterocycles. The number of rotatable bonds is 8. The third-order valence-corrected chi connectivity index (χ3v) is 9.34. The van der Waals surface area contributed by atoms with E-state index >= 15 is 8.78 Å². The van der Waals surface area contributed by atoms with E-state index in [9.17, 15) is 5.11 Å². The van der Waals surface area contributed by atoms with E-state index in [1.54, 1.807) is 6.07 Å². The summed E-state index contributed by atoms with van der Waals surface area (Å²) in [6.07, 6.45) is -1.15. The highest BCUT2D eigenvalue weighted by Crippen LogP contribution is 2.53. The largest absolute Gasteiger partial charge is 0.490 e. The maximum atomic E-state index is 15.9. The fraction of sp³-hybridized carbons (Fsp3) is 0.389. The van der Waals surface area contributed by atoms with Crippen LogP contribution in [0.5, 0.6) is 5.75 Å². The quantitative estimate of drug-likeness (QED) is 0.242. The molecule has 7 rings (SSSR count). The zero-order chi connectivity index (χ0) is 28.6. The van der Waals surface area contributed by atoms with E-state index in [1.807, 2.05) is 66.7 Å². The van der Waals surface area contributed by atoms with Gasteiger partial charge in [-0.05, 0) is 64.5 Å². The van der Waals surface area contributed by atoms with E-state index in [4.69, 9.17) is 4.74 Å². The lowest BCUT2D eigenvalue weighted by molar-refractivity contribution is 0.0680. The van der Waals surface area contributed by atoms with Gasteiger partial charge in [0, 0.05) is 38.1 Å². The predicted molar refractivity (Wildman–Crippen MR) is 162 cm³/mol. The van der Waals surface area contributed by atoms with Crippen molar-refractivity contribution < 1.29 is 18.6 Å². The first kappa shape index (κ1) is 27.5. The number of piperazine rings is 1. The Hall–Kier alpha value is -3.32. The van der Waals surface area contributed by atoms with E-state index in [-0.39, 0.29) is 12.6 Å². The normalized spacial score (nSPS) is 23.6. The minimum absolute atomic E-state index is 0.171. The van der Waals surface area contributed by atoms with Crippen LogP contribution in [0.2, 0.25) is 0 Å². The number of aliphatic hydroxyl groups is 1. The van der Waals surface area contributed by atoms with Gasteiger partial charge in [0.2, 0.25) is 0 Å². The Morgan fingerprint density at radius 3 is 2.21 bits per heavy atom. The third-order valence-electron chi connectivity index (χ3n) is 9.34. The number of ether oxygens (including phenoxy) is 1. The maximum absolute atomic E-state index is 15.9. The molecule has 0 spiro atoms. The highest BCUT2D eigenvalue weighted by Gasteiger charge is 2.42. The molecule has 4 atom stereocenters. The number of halogens is 2. The van der Waals surface area contributed by atoms with Crippen molar-refractivity contribution in [1.82, 2.24) is 9.80 Å². The van der Waals surface area contributed by atoms with Crippen LogP contribution in [0.1, 0.15) is 71.4 Å². The molecule has 0 aromatic heterocycles. The van der Waals surface area contributed by atoms with Crippen LogP contribution in [0, 0.1) is 0 Å². The zero-order valence-electron chi connectivity index (χ0n) is 23.8. The van der Waals surface area contributed by atoms with Gasteiger partial charge >= 0.3 is 0 Å². The topological polar surface area (TPSA) is 35.9 Å². The van der Waals surface area contributed by atoms with Crippen molar-refractivity contribution in [2.24, 2.45) is 0 Å². The average molecular weight is 569 g/mol. The molecule has 3 aliphatic rings. The summed E-state index contributed by atoms with van der Waals surface area (Å²) in [4.78, 5) is 4.77. The van der Waals surface area contributed by atoms with Crippen LogP contribution in [0.3, 0.4) is 0 Å². The second-order valence-electron chi connectivity index (χ2n) is 12.1. The fourth-order valence-electron chi connectivity index (χ4n) is 6.95. The van der Waals surface area contributed by atoms with Crippen LogP contribution in [0.25, 0.3) is 10.8 Å². The lowest BCUT2D eigenvalue weighted by Crippen LogP contribution is -2.48. The number of hydrogen-bond acceptors (Lipinski definition) is 4. The minimum atomic E-state index is -1.66. The monoisotopic (exact) mass is 568 g/mol. The smallest absolute Gasteiger partial charge is 0.161 e. The maximum Gasteiger partial charge on any atom is 0.161 e. The van der Waals surface area contributed by atoms with Gasteiger partial charge in [-0.15, -0.1) is 0 Å². The molecule has 1 aliphatic heterocycles. The Kier molecular flexibility index (Phi) is 7.70. The Balaban J connectivity index is 1.02. The summed E-state index contributed by atoms with van der Waals surface area (Å²) in [6.45, 7) is 4.29. The fourth-order valence-corrected chi connectivity index (χ4v) is 6.95. The molecule has 0 bridgehead atoms. The van der Waals surface area contributed by atoms with E-state index in [0.29, 0.717) is 23.5 Å². The molecule has 4 aromatic rings. The van der Waals surface area contributed by atoms with Crippen LogP contribution in [-0.2, 0) is 0 Å². The van der Waals surface area contributed by atoms with Gasteiger partial charge in [-0.2, -0.15) is 0 Å². The second kappa shape index (κ2) is 11.8. The Morgan fingerprint density at radius 2 is 1.40 bits per heavy atom. The number of alkyl halides is 2. The van der Waals surface area contributed by atoms with E-state index < -0.39 is 18.4 Å². The van der Waals surface area contributed by atoms with Crippen molar-refractivity contribution in [3.05, 3.63) is 113 Å². The number of fused-ring (bicyclic) bond motifs is 3. The molecule has 1 N–H and O–H groups in total. The Bertz CT molecular complexity index is 1540. The summed E-state index contributed by atoms with van der Waals surface area (Å²) in [6, 6.07) is 27.5. The van der Waals surface area contributed by atoms with Crippen LogP contribution in [-0.4, -0.2) is 60.3 Å². The predicted octanol–water partition coefficient (Wildman–Crippen LogP) is 7.29. The number of aliphatic hydroxyl groups excluding tert-OH is 1. The number of nitrogens with zero attached hydrogens (tertiary/aromatic N) is 2. The molecule has 1 saturated carbocycles. The van der Waals surface area contributed by atoms with Crippen LogP contribution < -0.4 is 4.74 Å². The molecular weight excluding hydrogens is 530 g/mol. The van der Waals surface area contributed by atoms with Crippen molar-refractivity contribution in [3.63, 3.8) is 0 Å². The molecule has 6 heteroatoms. The molecule has 4 unspecified atom stereocenters. The van der Waals surface area contributed by atoms with Gasteiger partial charge in [0.15, 0.2) is 12.3 Å². The first-order chi connectivity index (χ1) is 20.6. The van der Waals surface area contributed by atoms with Crippen LogP contribution in [0.4, 0.5) is 8.78 Å². The zero-order valence-corrected chi connectivity index (χ0v) is 23.8. The highest BCUT2D eigenvalue weighted by molar-refractivity contribution is 5.88. The molecule has 2 fully saturated rings. The first-order valence-corrected chi connectivity index (χ1v) is 15.3. The van der Waals surface area contributed by atoms with Crippen LogP contribution >= 0.6 is 0 Å². The minimum Gasteiger partial charge on any atom is -0.490 e. The van der Waals surface area contributed by atoms with Crippen LogP contribution in [0.15, 0.2) is 84.9 Å². The molecule has 0 amide bonds. The summed E-state index contributed by atoms with van der Waals surface area (Å²) in [5.74, 6) is 1.14. The van der Waals surface area contributed by atoms with E-state index in [0.717, 1.165) is 78.8 Å². The molecule has 0 radical (unpaired) electrons. The van der Waals surface area contributed by atoms with Crippen molar-refractivity contribution in [2.45, 2.75) is 49.7 Å². The number of benzene rings is 4. The Labute approximate surface area is 246 Å². The highest BCUT2D eigenvalue weighted by atomic mass is 19.2. The lowest BCUT2D eigenvalue weighted by Gasteiger charge is -2.40. The third kappa shape index (κ3) is 5.32. The second-order valence-corrected chi connectivity index (χ2v) is 12.1. The average Bonchev–Trinajstić information content (AvgIpc) is 3.89. The van der Waals surface area contributed by atoms with Gasteiger partial charge in [0.05, 0.1) is 12.1 Å². The standard InChI is InChI=1S/C36H38F2N2O2/c37-34-29-10-3-4-11-30(29)36(31-13-6-12-28(25-15-16-25)33(31)35(34)38)40-21-19-39(20-22-40)18-17-26(41)23-42-32-14-5-8-24-7-1-2-9-27(24)32/h1-14,25-26,34-36,41H,15-23H2. The molecular formula is C36H38F2N2O2. The summed E-state index contributed by atoms with van der Waals surface area (Å²) >= 11 is 0. The van der Waals surface area contributed by atoms with Gasteiger partial charge < -0.3 is 14.7 Å². The van der Waals surface area contributed by atoms with Crippen molar-refractivity contribution in [2.75, 3.05) is 39.3 Å². The van der Waals surface area contributed by atoms with E-state index in [1.165, 1.54) is 0 Å². The van der Waals surface area contributed by atoms with Crippen molar-refractivity contribution in [1.29, 1.82) is 0 Å². The van der Waals surface area contributed by atoms with Crippen molar-refractivity contribution >= 4 is 10.8 Å². The molecule has 2 aliphatic carbocycles. The summed E-state index contributed by atoms with van der Waals surface area (Å²) < 4.78 is 37.7. The summed E-state index contributed by atoms with van der Waals surface area (Å²) in [5.41, 5.74) is 3.87. The molecule has 4 nitrogen and oxygen atoms in total. The van der Waals surface area contributed by atoms with Gasteiger partial charge in [-0.3, -0.25) is 4.90 Å². The Morgan fingerprint density at radius 1 is 0.738 bits per heavy atom. The van der Waals surface area contributed by atoms with Gasteiger partial charge in [-0.1, -0.05) is 78.9 Å². The summed E-state index contributed by atoms with van der Waals surface area (Å²) in [7, 11) is 0. The van der Waals surface area contributed by atoms with Crippen molar-refractivity contribution in [3.8, 4) is 5.75 Å². The molecule has 4 aromatic carbocycles. The van der Waals surface area contributed by atoms with E-state index in [2.05, 4.69) is 21.9 Å². The lowest BCUT2D eigenvalue weighted by atomic mass is 9.89. The molecule has 42 heavy (non-hydrogen) atoms. The van der Waals surface area contributed by atoms with Gasteiger partial charge in [0.1, 0.15) is 12.4 Å². The SMILES string of the molecule is OC(CCN1CCN(C2c3ccccc3C(F)C(F)c3c(C4CC4)cccc32)CC1)COc1cccc2ccccc12. The number of hydrogen-bond donors (Lipinski definition) is 1. The summed E-state index contributed by atoms with van der Waals surface area (Å²) in [5, 5.41) is 12.9. The molecule has 218 valence electrons. The molecule has 1 heterocycles. The van der Waals surface area contributed by atoms with Gasteiger partial charge in [0.25, 0.3) is 0 Å². The van der Waals surface area contributed by atoms with Gasteiger partial charge in [-0.25, -0.2) is 8.78 Å².